The number of hydrogen-bond donors (Lipinski definition) is 0. The van der Waals surface area contributed by atoms with Gasteiger partial charge in [0.15, 0.2) is 0 Å². The molecule has 0 aliphatic rings. The summed E-state index contributed by atoms with van der Waals surface area (Å²) < 4.78 is 5.06. The minimum Gasteiger partial charge on any atom is -0.469 e. The fourth-order valence-corrected chi connectivity index (χ4v) is 1.14. The highest BCUT2D eigenvalue weighted by Gasteiger charge is 2.07. The van der Waals surface area contributed by atoms with E-state index in [1.165, 1.54) is 0 Å². The summed E-state index contributed by atoms with van der Waals surface area (Å²) in [6.07, 6.45) is 2.67. The third-order valence-electron chi connectivity index (χ3n) is 1.59. The van der Waals surface area contributed by atoms with Gasteiger partial charge in [0, 0.05) is 6.42 Å². The van der Waals surface area contributed by atoms with E-state index < -0.39 is 0 Å². The van der Waals surface area contributed by atoms with E-state index in [-0.39, 0.29) is 5.78 Å². The summed E-state index contributed by atoms with van der Waals surface area (Å²) >= 11 is 0. The van der Waals surface area contributed by atoms with E-state index in [4.69, 9.17) is 4.42 Å². The number of carbonyl (C=O) groups is 1. The summed E-state index contributed by atoms with van der Waals surface area (Å²) in [6, 6.07) is 3.64. The van der Waals surface area contributed by atoms with Crippen LogP contribution in [0.4, 0.5) is 0 Å². The lowest BCUT2D eigenvalue weighted by Crippen LogP contribution is -2.05. The molecule has 0 aliphatic heterocycles. The SMILES string of the molecule is CC(C)CC(=O)Cc1ccco1. The van der Waals surface area contributed by atoms with E-state index in [1.54, 1.807) is 12.3 Å². The maximum Gasteiger partial charge on any atom is 0.140 e. The third-order valence-corrected chi connectivity index (χ3v) is 1.59. The first-order valence-corrected chi connectivity index (χ1v) is 4.22. The van der Waals surface area contributed by atoms with Crippen molar-refractivity contribution in [2.75, 3.05) is 0 Å². The van der Waals surface area contributed by atoms with Crippen molar-refractivity contribution in [1.29, 1.82) is 0 Å². The number of hydrogen-bond acceptors (Lipinski definition) is 2. The molecule has 0 radical (unpaired) electrons. The van der Waals surface area contributed by atoms with Gasteiger partial charge in [0.25, 0.3) is 0 Å². The standard InChI is InChI=1S/C10H14O2/c1-8(2)6-9(11)7-10-4-3-5-12-10/h3-5,8H,6-7H2,1-2H3. The fourth-order valence-electron chi connectivity index (χ4n) is 1.14. The summed E-state index contributed by atoms with van der Waals surface area (Å²) in [6.45, 7) is 4.08. The number of carbonyl (C=O) groups excluding carboxylic acids is 1. The average Bonchev–Trinajstić information content (AvgIpc) is 2.37. The largest absolute Gasteiger partial charge is 0.469 e. The highest BCUT2D eigenvalue weighted by Crippen LogP contribution is 2.06. The number of rotatable bonds is 4. The van der Waals surface area contributed by atoms with Gasteiger partial charge in [-0.3, -0.25) is 4.79 Å². The Morgan fingerprint density at radius 1 is 1.58 bits per heavy atom. The molecule has 0 amide bonds. The van der Waals surface area contributed by atoms with Crippen LogP contribution in [0.1, 0.15) is 26.0 Å². The van der Waals surface area contributed by atoms with E-state index in [1.807, 2.05) is 19.9 Å². The molecule has 0 atom stereocenters. The molecule has 0 fully saturated rings. The monoisotopic (exact) mass is 166 g/mol. The summed E-state index contributed by atoms with van der Waals surface area (Å²) in [5.41, 5.74) is 0. The highest BCUT2D eigenvalue weighted by atomic mass is 16.3. The van der Waals surface area contributed by atoms with Crippen LogP contribution in [0.3, 0.4) is 0 Å². The maximum atomic E-state index is 11.3. The van der Waals surface area contributed by atoms with Crippen LogP contribution in [0.15, 0.2) is 22.8 Å². The summed E-state index contributed by atoms with van der Waals surface area (Å²) in [4.78, 5) is 11.3. The quantitative estimate of drug-likeness (QED) is 0.687. The molecule has 0 N–H and O–H groups in total. The molecule has 0 aliphatic carbocycles. The Labute approximate surface area is 72.6 Å². The minimum atomic E-state index is 0.250. The van der Waals surface area contributed by atoms with Crippen LogP contribution in [-0.2, 0) is 11.2 Å². The van der Waals surface area contributed by atoms with Crippen LogP contribution in [-0.4, -0.2) is 5.78 Å². The van der Waals surface area contributed by atoms with E-state index in [0.29, 0.717) is 18.8 Å². The van der Waals surface area contributed by atoms with Gasteiger partial charge in [-0.25, -0.2) is 0 Å². The van der Waals surface area contributed by atoms with Gasteiger partial charge >= 0.3 is 0 Å². The second-order valence-electron chi connectivity index (χ2n) is 3.39. The zero-order valence-corrected chi connectivity index (χ0v) is 7.54. The van der Waals surface area contributed by atoms with Crippen molar-refractivity contribution in [3.05, 3.63) is 24.2 Å². The first kappa shape index (κ1) is 9.04. The molecule has 0 saturated heterocycles. The predicted octanol–water partition coefficient (Wildman–Crippen LogP) is 2.44. The van der Waals surface area contributed by atoms with Gasteiger partial charge < -0.3 is 4.42 Å². The van der Waals surface area contributed by atoms with E-state index >= 15 is 0 Å². The van der Waals surface area contributed by atoms with Crippen molar-refractivity contribution in [3.8, 4) is 0 Å². The maximum absolute atomic E-state index is 11.3. The van der Waals surface area contributed by atoms with Gasteiger partial charge in [-0.15, -0.1) is 0 Å². The summed E-state index contributed by atoms with van der Waals surface area (Å²) in [7, 11) is 0. The number of Topliss-reactive ketones (excluding diaryl/α,β-unsaturated/α-hetero) is 1. The van der Waals surface area contributed by atoms with E-state index in [2.05, 4.69) is 0 Å². The predicted molar refractivity (Wildman–Crippen MR) is 46.9 cm³/mol. The van der Waals surface area contributed by atoms with Gasteiger partial charge in [0.05, 0.1) is 12.7 Å². The van der Waals surface area contributed by atoms with Gasteiger partial charge in [-0.1, -0.05) is 13.8 Å². The van der Waals surface area contributed by atoms with Gasteiger partial charge in [-0.05, 0) is 18.1 Å². The molecule has 1 aromatic rings. The number of furan rings is 1. The molecule has 0 spiro atoms. The normalized spacial score (nSPS) is 10.6. The lowest BCUT2D eigenvalue weighted by molar-refractivity contribution is -0.119. The Balaban J connectivity index is 2.37. The van der Waals surface area contributed by atoms with Crippen LogP contribution in [0.5, 0.6) is 0 Å². The highest BCUT2D eigenvalue weighted by molar-refractivity contribution is 5.80. The Bertz CT molecular complexity index is 234. The van der Waals surface area contributed by atoms with E-state index in [0.717, 1.165) is 5.76 Å². The molecule has 12 heavy (non-hydrogen) atoms. The molecule has 1 aromatic heterocycles. The molecule has 2 nitrogen and oxygen atoms in total. The van der Waals surface area contributed by atoms with Crippen molar-refractivity contribution in [2.45, 2.75) is 26.7 Å². The molecule has 2 heteroatoms. The minimum absolute atomic E-state index is 0.250. The fraction of sp³-hybridized carbons (Fsp3) is 0.500. The molecule has 0 saturated carbocycles. The molecular formula is C10H14O2. The molecule has 0 aromatic carbocycles. The summed E-state index contributed by atoms with van der Waals surface area (Å²) in [5.74, 6) is 1.45. The van der Waals surface area contributed by atoms with Crippen LogP contribution < -0.4 is 0 Å². The lowest BCUT2D eigenvalue weighted by atomic mass is 10.0. The first-order valence-electron chi connectivity index (χ1n) is 4.22. The third kappa shape index (κ3) is 2.91. The van der Waals surface area contributed by atoms with Gasteiger partial charge in [0.2, 0.25) is 0 Å². The van der Waals surface area contributed by atoms with Crippen molar-refractivity contribution < 1.29 is 9.21 Å². The molecule has 0 unspecified atom stereocenters. The van der Waals surface area contributed by atoms with Crippen LogP contribution in [0, 0.1) is 5.92 Å². The Morgan fingerprint density at radius 2 is 2.33 bits per heavy atom. The van der Waals surface area contributed by atoms with E-state index in [9.17, 15) is 4.79 Å². The Morgan fingerprint density at radius 3 is 2.83 bits per heavy atom. The first-order chi connectivity index (χ1) is 5.68. The van der Waals surface area contributed by atoms with Gasteiger partial charge in [-0.2, -0.15) is 0 Å². The van der Waals surface area contributed by atoms with Crippen molar-refractivity contribution in [3.63, 3.8) is 0 Å². The molecular weight excluding hydrogens is 152 g/mol. The van der Waals surface area contributed by atoms with Crippen molar-refractivity contribution in [1.82, 2.24) is 0 Å². The summed E-state index contributed by atoms with van der Waals surface area (Å²) in [5, 5.41) is 0. The van der Waals surface area contributed by atoms with Gasteiger partial charge in [0.1, 0.15) is 11.5 Å². The van der Waals surface area contributed by atoms with Crippen LogP contribution in [0.25, 0.3) is 0 Å². The Hall–Kier alpha value is -1.05. The molecule has 1 rings (SSSR count). The number of ketones is 1. The van der Waals surface area contributed by atoms with Crippen LogP contribution >= 0.6 is 0 Å². The second-order valence-corrected chi connectivity index (χ2v) is 3.39. The smallest absolute Gasteiger partial charge is 0.140 e. The average molecular weight is 166 g/mol. The second kappa shape index (κ2) is 4.10. The van der Waals surface area contributed by atoms with Crippen molar-refractivity contribution >= 4 is 5.78 Å². The topological polar surface area (TPSA) is 30.2 Å². The Kier molecular flexibility index (Phi) is 3.09. The molecule has 1 heterocycles. The van der Waals surface area contributed by atoms with Crippen molar-refractivity contribution in [2.24, 2.45) is 5.92 Å². The lowest BCUT2D eigenvalue weighted by Gasteiger charge is -2.00. The van der Waals surface area contributed by atoms with Crippen LogP contribution in [0.2, 0.25) is 0 Å². The zero-order valence-electron chi connectivity index (χ0n) is 7.54. The molecule has 66 valence electrons. The molecule has 0 bridgehead atoms. The zero-order chi connectivity index (χ0) is 8.97.